The molecule has 8 heteroatoms. The van der Waals surface area contributed by atoms with E-state index >= 15 is 0 Å². The van der Waals surface area contributed by atoms with E-state index < -0.39 is 0 Å². The van der Waals surface area contributed by atoms with Crippen molar-refractivity contribution in [2.75, 3.05) is 26.7 Å². The average molecular weight is 548 g/mol. The lowest BCUT2D eigenvalue weighted by molar-refractivity contribution is 0.414. The maximum absolute atomic E-state index is 5.23. The maximum Gasteiger partial charge on any atom is 0.191 e. The molecule has 7 nitrogen and oxygen atoms in total. The van der Waals surface area contributed by atoms with Gasteiger partial charge in [0.25, 0.3) is 0 Å². The van der Waals surface area contributed by atoms with Gasteiger partial charge in [0.2, 0.25) is 0 Å². The quantitative estimate of drug-likeness (QED) is 0.218. The lowest BCUT2D eigenvalue weighted by Gasteiger charge is -2.14. The van der Waals surface area contributed by atoms with Gasteiger partial charge in [-0.05, 0) is 36.1 Å². The lowest BCUT2D eigenvalue weighted by Crippen LogP contribution is -2.40. The highest BCUT2D eigenvalue weighted by Crippen LogP contribution is 2.11. The molecular weight excluding hydrogens is 515 g/mol. The number of aromatic nitrogens is 3. The highest BCUT2D eigenvalue weighted by Gasteiger charge is 2.03. The second kappa shape index (κ2) is 14.4. The molecule has 2 N–H and O–H groups in total. The Morgan fingerprint density at radius 2 is 1.69 bits per heavy atom. The number of rotatable bonds is 11. The molecule has 1 heterocycles. The fourth-order valence-corrected chi connectivity index (χ4v) is 3.27. The first-order valence-corrected chi connectivity index (χ1v) is 10.8. The van der Waals surface area contributed by atoms with E-state index in [1.807, 2.05) is 18.2 Å². The molecule has 0 spiro atoms. The van der Waals surface area contributed by atoms with Crippen LogP contribution in [0.2, 0.25) is 0 Å². The molecule has 2 aromatic carbocycles. The molecule has 3 rings (SSSR count). The zero-order chi connectivity index (χ0) is 21.7. The Kier molecular flexibility index (Phi) is 11.6. The average Bonchev–Trinajstić information content (AvgIpc) is 3.27. The van der Waals surface area contributed by atoms with Gasteiger partial charge in [-0.15, -0.1) is 34.2 Å². The highest BCUT2D eigenvalue weighted by molar-refractivity contribution is 14.0. The molecule has 3 aromatic rings. The summed E-state index contributed by atoms with van der Waals surface area (Å²) in [6.45, 7) is 5.18. The van der Waals surface area contributed by atoms with Crippen LogP contribution >= 0.6 is 24.0 Å². The van der Waals surface area contributed by atoms with Gasteiger partial charge in [-0.1, -0.05) is 49.4 Å². The van der Waals surface area contributed by atoms with Gasteiger partial charge in [0.15, 0.2) is 5.96 Å². The van der Waals surface area contributed by atoms with Crippen molar-refractivity contribution in [1.82, 2.24) is 25.4 Å². The summed E-state index contributed by atoms with van der Waals surface area (Å²) in [4.78, 5) is 4.78. The number of guanidine groups is 1. The van der Waals surface area contributed by atoms with E-state index in [4.69, 9.17) is 9.73 Å². The van der Waals surface area contributed by atoms with E-state index in [2.05, 4.69) is 68.7 Å². The second-order valence-electron chi connectivity index (χ2n) is 7.21. The summed E-state index contributed by atoms with van der Waals surface area (Å²) in [5, 5.41) is 15.0. The summed E-state index contributed by atoms with van der Waals surface area (Å²) >= 11 is 0. The summed E-state index contributed by atoms with van der Waals surface area (Å²) in [6.07, 6.45) is 4.48. The van der Waals surface area contributed by atoms with Crippen LogP contribution in [0.5, 0.6) is 5.75 Å². The Morgan fingerprint density at radius 1 is 0.969 bits per heavy atom. The molecule has 0 aliphatic carbocycles. The smallest absolute Gasteiger partial charge is 0.191 e. The summed E-state index contributed by atoms with van der Waals surface area (Å²) in [6, 6.07) is 18.6. The molecular formula is C24H33IN6O. The molecule has 0 radical (unpaired) electrons. The van der Waals surface area contributed by atoms with E-state index in [1.165, 1.54) is 11.1 Å². The van der Waals surface area contributed by atoms with Gasteiger partial charge in [-0.25, -0.2) is 0 Å². The molecule has 0 saturated heterocycles. The van der Waals surface area contributed by atoms with Gasteiger partial charge in [-0.3, -0.25) is 4.99 Å². The molecule has 0 aliphatic heterocycles. The number of hydrogen-bond acceptors (Lipinski definition) is 4. The molecule has 0 atom stereocenters. The minimum Gasteiger partial charge on any atom is -0.497 e. The van der Waals surface area contributed by atoms with Gasteiger partial charge < -0.3 is 19.9 Å². The van der Waals surface area contributed by atoms with Crippen LogP contribution in [0.15, 0.2) is 65.9 Å². The Balaban J connectivity index is 0.00000363. The van der Waals surface area contributed by atoms with E-state index in [9.17, 15) is 0 Å². The normalized spacial score (nSPS) is 11.0. The number of methoxy groups -OCH3 is 1. The number of halogens is 1. The minimum absolute atomic E-state index is 0. The SMILES string of the molecule is CCc1nncn1CCNC(=NCCc1ccc(OC)cc1)NCCc1ccccc1.I. The van der Waals surface area contributed by atoms with Crippen LogP contribution in [0.3, 0.4) is 0 Å². The molecule has 1 aromatic heterocycles. The molecule has 0 fully saturated rings. The molecule has 172 valence electrons. The number of hydrogen-bond donors (Lipinski definition) is 2. The zero-order valence-corrected chi connectivity index (χ0v) is 21.2. The van der Waals surface area contributed by atoms with Gasteiger partial charge >= 0.3 is 0 Å². The van der Waals surface area contributed by atoms with Gasteiger partial charge in [0.05, 0.1) is 7.11 Å². The van der Waals surface area contributed by atoms with Crippen molar-refractivity contribution in [3.05, 3.63) is 77.9 Å². The first-order chi connectivity index (χ1) is 15.3. The third-order valence-corrected chi connectivity index (χ3v) is 5.04. The monoisotopic (exact) mass is 548 g/mol. The van der Waals surface area contributed by atoms with Crippen LogP contribution in [0.1, 0.15) is 23.9 Å². The van der Waals surface area contributed by atoms with E-state index in [-0.39, 0.29) is 24.0 Å². The topological polar surface area (TPSA) is 76.4 Å². The summed E-state index contributed by atoms with van der Waals surface area (Å²) in [5.74, 6) is 2.70. The Hall–Kier alpha value is -2.62. The van der Waals surface area contributed by atoms with Gasteiger partial charge in [-0.2, -0.15) is 0 Å². The van der Waals surface area contributed by atoms with Crippen molar-refractivity contribution in [1.29, 1.82) is 0 Å². The zero-order valence-electron chi connectivity index (χ0n) is 18.8. The predicted octanol–water partition coefficient (Wildman–Crippen LogP) is 3.49. The standard InChI is InChI=1S/C24H32N6O.HI/c1-3-23-29-28-19-30(23)18-17-27-24(25-15-13-20-7-5-4-6-8-20)26-16-14-21-9-11-22(31-2)12-10-21;/h4-12,19H,3,13-18H2,1-2H3,(H2,25,26,27);1H. The van der Waals surface area contributed by atoms with Crippen LogP contribution in [0.4, 0.5) is 0 Å². The Labute approximate surface area is 207 Å². The highest BCUT2D eigenvalue weighted by atomic mass is 127. The largest absolute Gasteiger partial charge is 0.497 e. The number of nitrogens with zero attached hydrogens (tertiary/aromatic N) is 4. The number of ether oxygens (including phenoxy) is 1. The molecule has 0 bridgehead atoms. The van der Waals surface area contributed by atoms with Gasteiger partial charge in [0.1, 0.15) is 17.9 Å². The van der Waals surface area contributed by atoms with E-state index in [0.717, 1.165) is 56.4 Å². The maximum atomic E-state index is 5.23. The van der Waals surface area contributed by atoms with Crippen LogP contribution in [-0.2, 0) is 25.8 Å². The molecule has 0 saturated carbocycles. The van der Waals surface area contributed by atoms with Crippen LogP contribution in [-0.4, -0.2) is 47.5 Å². The van der Waals surface area contributed by atoms with Gasteiger partial charge in [0, 0.05) is 32.6 Å². The van der Waals surface area contributed by atoms with Crippen molar-refractivity contribution in [3.8, 4) is 5.75 Å². The Bertz CT molecular complexity index is 927. The number of aliphatic imine (C=N–C) groups is 1. The second-order valence-corrected chi connectivity index (χ2v) is 7.21. The third kappa shape index (κ3) is 8.49. The molecule has 0 amide bonds. The van der Waals surface area contributed by atoms with Crippen molar-refractivity contribution >= 4 is 29.9 Å². The van der Waals surface area contributed by atoms with Crippen LogP contribution in [0, 0.1) is 0 Å². The Morgan fingerprint density at radius 3 is 2.41 bits per heavy atom. The third-order valence-electron chi connectivity index (χ3n) is 5.04. The van der Waals surface area contributed by atoms with E-state index in [1.54, 1.807) is 13.4 Å². The van der Waals surface area contributed by atoms with Crippen molar-refractivity contribution in [3.63, 3.8) is 0 Å². The first-order valence-electron chi connectivity index (χ1n) is 10.8. The fourth-order valence-electron chi connectivity index (χ4n) is 3.27. The van der Waals surface area contributed by atoms with Crippen molar-refractivity contribution in [2.45, 2.75) is 32.7 Å². The van der Waals surface area contributed by atoms with Crippen LogP contribution < -0.4 is 15.4 Å². The van der Waals surface area contributed by atoms with Crippen molar-refractivity contribution in [2.24, 2.45) is 4.99 Å². The molecule has 0 unspecified atom stereocenters. The molecule has 32 heavy (non-hydrogen) atoms. The first kappa shape index (κ1) is 25.6. The number of aryl methyl sites for hydroxylation is 1. The predicted molar refractivity (Wildman–Crippen MR) is 140 cm³/mol. The fraction of sp³-hybridized carbons (Fsp3) is 0.375. The summed E-state index contributed by atoms with van der Waals surface area (Å²) in [7, 11) is 1.68. The summed E-state index contributed by atoms with van der Waals surface area (Å²) < 4.78 is 7.30. The van der Waals surface area contributed by atoms with Crippen LogP contribution in [0.25, 0.3) is 0 Å². The minimum atomic E-state index is 0. The van der Waals surface area contributed by atoms with E-state index in [0.29, 0.717) is 6.54 Å². The van der Waals surface area contributed by atoms with Crippen molar-refractivity contribution < 1.29 is 4.74 Å². The number of nitrogens with one attached hydrogen (secondary N) is 2. The number of benzene rings is 2. The molecule has 0 aliphatic rings. The lowest BCUT2D eigenvalue weighted by atomic mass is 10.1. The summed E-state index contributed by atoms with van der Waals surface area (Å²) in [5.41, 5.74) is 2.55.